The van der Waals surface area contributed by atoms with Crippen LogP contribution in [0.2, 0.25) is 5.02 Å². The predicted octanol–water partition coefficient (Wildman–Crippen LogP) is 3.20. The van der Waals surface area contributed by atoms with Gasteiger partial charge in [0.1, 0.15) is 5.82 Å². The SMILES string of the molecule is Fc1ccc(N2CCNC3(CCCC3)C2)cc1Cl. The number of hydrogen-bond donors (Lipinski definition) is 1. The molecule has 1 saturated heterocycles. The predicted molar refractivity (Wildman–Crippen MR) is 72.8 cm³/mol. The number of hydrogen-bond acceptors (Lipinski definition) is 2. The number of nitrogens with zero attached hydrogens (tertiary/aromatic N) is 1. The van der Waals surface area contributed by atoms with Crippen molar-refractivity contribution in [1.29, 1.82) is 0 Å². The minimum absolute atomic E-state index is 0.214. The largest absolute Gasteiger partial charge is 0.368 e. The molecule has 0 aromatic heterocycles. The van der Waals surface area contributed by atoms with E-state index in [1.807, 2.05) is 6.07 Å². The number of anilines is 1. The van der Waals surface area contributed by atoms with Crippen LogP contribution in [-0.2, 0) is 0 Å². The third-order valence-electron chi connectivity index (χ3n) is 4.20. The molecule has 18 heavy (non-hydrogen) atoms. The van der Waals surface area contributed by atoms with Crippen LogP contribution in [0.1, 0.15) is 25.7 Å². The zero-order chi connectivity index (χ0) is 12.6. The molecule has 0 unspecified atom stereocenters. The Morgan fingerprint density at radius 2 is 2.06 bits per heavy atom. The van der Waals surface area contributed by atoms with Gasteiger partial charge in [-0.15, -0.1) is 0 Å². The Morgan fingerprint density at radius 1 is 1.28 bits per heavy atom. The Labute approximate surface area is 112 Å². The molecule has 3 rings (SSSR count). The molecule has 1 aliphatic heterocycles. The Bertz CT molecular complexity index is 443. The summed E-state index contributed by atoms with van der Waals surface area (Å²) in [6.45, 7) is 2.97. The van der Waals surface area contributed by atoms with Crippen LogP contribution in [0.4, 0.5) is 10.1 Å². The van der Waals surface area contributed by atoms with Gasteiger partial charge < -0.3 is 10.2 Å². The van der Waals surface area contributed by atoms with E-state index < -0.39 is 0 Å². The monoisotopic (exact) mass is 268 g/mol. The van der Waals surface area contributed by atoms with E-state index in [1.165, 1.54) is 31.7 Å². The molecule has 2 nitrogen and oxygen atoms in total. The molecule has 2 aliphatic rings. The Kier molecular flexibility index (Phi) is 3.20. The van der Waals surface area contributed by atoms with Gasteiger partial charge in [-0.1, -0.05) is 24.4 Å². The number of rotatable bonds is 1. The highest BCUT2D eigenvalue weighted by atomic mass is 35.5. The first-order chi connectivity index (χ1) is 8.69. The minimum atomic E-state index is -0.342. The van der Waals surface area contributed by atoms with Gasteiger partial charge >= 0.3 is 0 Å². The molecule has 1 aromatic carbocycles. The molecule has 2 fully saturated rings. The maximum absolute atomic E-state index is 13.2. The Balaban J connectivity index is 1.81. The third kappa shape index (κ3) is 2.21. The average Bonchev–Trinajstić information content (AvgIpc) is 2.81. The van der Waals surface area contributed by atoms with Gasteiger partial charge in [-0.25, -0.2) is 4.39 Å². The van der Waals surface area contributed by atoms with Gasteiger partial charge in [0.05, 0.1) is 5.02 Å². The molecule has 1 aliphatic carbocycles. The Hall–Kier alpha value is -0.800. The van der Waals surface area contributed by atoms with Crippen molar-refractivity contribution in [2.24, 2.45) is 0 Å². The van der Waals surface area contributed by atoms with Crippen LogP contribution in [-0.4, -0.2) is 25.2 Å². The quantitative estimate of drug-likeness (QED) is 0.841. The summed E-state index contributed by atoms with van der Waals surface area (Å²) in [6.07, 6.45) is 5.12. The molecule has 1 spiro atoms. The summed E-state index contributed by atoms with van der Waals surface area (Å²) >= 11 is 5.87. The van der Waals surface area contributed by atoms with E-state index in [-0.39, 0.29) is 16.4 Å². The molecule has 98 valence electrons. The first-order valence-electron chi connectivity index (χ1n) is 6.64. The molecule has 1 aromatic rings. The van der Waals surface area contributed by atoms with E-state index >= 15 is 0 Å². The van der Waals surface area contributed by atoms with Crippen molar-refractivity contribution in [3.8, 4) is 0 Å². The highest BCUT2D eigenvalue weighted by Crippen LogP contribution is 2.34. The zero-order valence-corrected chi connectivity index (χ0v) is 11.1. The maximum Gasteiger partial charge on any atom is 0.141 e. The van der Waals surface area contributed by atoms with Crippen molar-refractivity contribution in [1.82, 2.24) is 5.32 Å². The summed E-state index contributed by atoms with van der Waals surface area (Å²) in [6, 6.07) is 5.03. The van der Waals surface area contributed by atoms with E-state index in [4.69, 9.17) is 11.6 Å². The first kappa shape index (κ1) is 12.2. The molecule has 0 amide bonds. The lowest BCUT2D eigenvalue weighted by Crippen LogP contribution is -2.59. The van der Waals surface area contributed by atoms with Crippen LogP contribution in [0, 0.1) is 5.82 Å². The smallest absolute Gasteiger partial charge is 0.141 e. The van der Waals surface area contributed by atoms with Crippen LogP contribution in [0.5, 0.6) is 0 Å². The molecular formula is C14H18ClFN2. The van der Waals surface area contributed by atoms with Gasteiger partial charge in [-0.05, 0) is 31.0 Å². The zero-order valence-electron chi connectivity index (χ0n) is 10.4. The van der Waals surface area contributed by atoms with E-state index in [0.29, 0.717) is 0 Å². The van der Waals surface area contributed by atoms with Crippen molar-refractivity contribution >= 4 is 17.3 Å². The number of nitrogens with one attached hydrogen (secondary N) is 1. The highest BCUT2D eigenvalue weighted by Gasteiger charge is 2.37. The summed E-state index contributed by atoms with van der Waals surface area (Å²) in [5, 5.41) is 3.89. The third-order valence-corrected chi connectivity index (χ3v) is 4.49. The van der Waals surface area contributed by atoms with Crippen LogP contribution >= 0.6 is 11.6 Å². The second-order valence-corrected chi connectivity index (χ2v) is 5.84. The van der Waals surface area contributed by atoms with E-state index in [9.17, 15) is 4.39 Å². The lowest BCUT2D eigenvalue weighted by molar-refractivity contribution is 0.304. The molecule has 1 N–H and O–H groups in total. The minimum Gasteiger partial charge on any atom is -0.368 e. The fraction of sp³-hybridized carbons (Fsp3) is 0.571. The molecule has 0 bridgehead atoms. The van der Waals surface area contributed by atoms with Crippen molar-refractivity contribution in [2.45, 2.75) is 31.2 Å². The summed E-state index contributed by atoms with van der Waals surface area (Å²) in [4.78, 5) is 2.33. The number of piperazine rings is 1. The second-order valence-electron chi connectivity index (χ2n) is 5.43. The lowest BCUT2D eigenvalue weighted by atomic mass is 9.94. The topological polar surface area (TPSA) is 15.3 Å². The molecule has 0 radical (unpaired) electrons. The summed E-state index contributed by atoms with van der Waals surface area (Å²) < 4.78 is 13.2. The summed E-state index contributed by atoms with van der Waals surface area (Å²) in [5.41, 5.74) is 1.31. The fourth-order valence-electron chi connectivity index (χ4n) is 3.25. The van der Waals surface area contributed by atoms with E-state index in [1.54, 1.807) is 6.07 Å². The highest BCUT2D eigenvalue weighted by molar-refractivity contribution is 6.31. The number of benzene rings is 1. The summed E-state index contributed by atoms with van der Waals surface area (Å²) in [7, 11) is 0. The van der Waals surface area contributed by atoms with Crippen molar-refractivity contribution in [3.05, 3.63) is 29.0 Å². The van der Waals surface area contributed by atoms with Crippen molar-refractivity contribution in [2.75, 3.05) is 24.5 Å². The van der Waals surface area contributed by atoms with Gasteiger partial charge in [0.15, 0.2) is 0 Å². The number of halogens is 2. The normalized spacial score (nSPS) is 22.7. The van der Waals surface area contributed by atoms with Crippen LogP contribution < -0.4 is 10.2 Å². The average molecular weight is 269 g/mol. The standard InChI is InChI=1S/C14H18ClFN2/c15-12-9-11(3-4-13(12)16)18-8-7-17-14(10-18)5-1-2-6-14/h3-4,9,17H,1-2,5-8,10H2. The van der Waals surface area contributed by atoms with Crippen molar-refractivity contribution in [3.63, 3.8) is 0 Å². The van der Waals surface area contributed by atoms with Crippen molar-refractivity contribution < 1.29 is 4.39 Å². The second kappa shape index (κ2) is 4.71. The van der Waals surface area contributed by atoms with Gasteiger partial charge in [0, 0.05) is 30.9 Å². The maximum atomic E-state index is 13.2. The van der Waals surface area contributed by atoms with E-state index in [0.717, 1.165) is 25.3 Å². The molecule has 1 saturated carbocycles. The van der Waals surface area contributed by atoms with Crippen LogP contribution in [0.15, 0.2) is 18.2 Å². The molecule has 4 heteroatoms. The van der Waals surface area contributed by atoms with E-state index in [2.05, 4.69) is 10.2 Å². The van der Waals surface area contributed by atoms with Gasteiger partial charge in [0.2, 0.25) is 0 Å². The van der Waals surface area contributed by atoms with Crippen LogP contribution in [0.3, 0.4) is 0 Å². The van der Waals surface area contributed by atoms with Gasteiger partial charge in [0.25, 0.3) is 0 Å². The Morgan fingerprint density at radius 3 is 2.78 bits per heavy atom. The molecule has 0 atom stereocenters. The fourth-order valence-corrected chi connectivity index (χ4v) is 3.42. The lowest BCUT2D eigenvalue weighted by Gasteiger charge is -2.42. The van der Waals surface area contributed by atoms with Gasteiger partial charge in [-0.2, -0.15) is 0 Å². The molecule has 1 heterocycles. The molecular weight excluding hydrogens is 251 g/mol. The summed E-state index contributed by atoms with van der Waals surface area (Å²) in [5.74, 6) is -0.342. The first-order valence-corrected chi connectivity index (χ1v) is 7.01. The van der Waals surface area contributed by atoms with Crippen LogP contribution in [0.25, 0.3) is 0 Å². The van der Waals surface area contributed by atoms with Gasteiger partial charge in [-0.3, -0.25) is 0 Å².